The summed E-state index contributed by atoms with van der Waals surface area (Å²) in [5, 5.41) is 13.0. The highest BCUT2D eigenvalue weighted by atomic mass is 35.5. The summed E-state index contributed by atoms with van der Waals surface area (Å²) in [7, 11) is 0. The van der Waals surface area contributed by atoms with Crippen molar-refractivity contribution >= 4 is 17.3 Å². The molecule has 0 aliphatic rings. The highest BCUT2D eigenvalue weighted by Crippen LogP contribution is 2.21. The molecule has 0 unspecified atom stereocenters. The van der Waals surface area contributed by atoms with Gasteiger partial charge >= 0.3 is 0 Å². The largest absolute Gasteiger partial charge is 0.487 e. The van der Waals surface area contributed by atoms with Gasteiger partial charge in [-0.1, -0.05) is 29.8 Å². The van der Waals surface area contributed by atoms with Gasteiger partial charge in [-0.15, -0.1) is 0 Å². The average Bonchev–Trinajstić information content (AvgIpc) is 2.67. The van der Waals surface area contributed by atoms with Gasteiger partial charge in [0.25, 0.3) is 0 Å². The average molecular weight is 350 g/mol. The predicted octanol–water partition coefficient (Wildman–Crippen LogP) is 4.80. The van der Waals surface area contributed by atoms with Crippen LogP contribution in [0.2, 0.25) is 5.02 Å². The second kappa shape index (κ2) is 8.18. The molecule has 0 amide bonds. The lowest BCUT2D eigenvalue weighted by molar-refractivity contribution is 0.301. The van der Waals surface area contributed by atoms with Crippen molar-refractivity contribution in [3.05, 3.63) is 88.7 Å². The van der Waals surface area contributed by atoms with Crippen LogP contribution in [0.4, 0.5) is 5.69 Å². The van der Waals surface area contributed by atoms with Gasteiger partial charge in [0.1, 0.15) is 18.4 Å². The standard InChI is InChI=1S/C20H16ClN3O/c21-17-6-9-20(16(11-17)12-22)24-13-15-4-7-19(8-5-15)25-14-18-3-1-2-10-23-18/h1-11,24H,13-14H2. The van der Waals surface area contributed by atoms with Gasteiger partial charge in [0.05, 0.1) is 16.9 Å². The van der Waals surface area contributed by atoms with Crippen molar-refractivity contribution < 1.29 is 4.74 Å². The van der Waals surface area contributed by atoms with Gasteiger partial charge in [0.2, 0.25) is 0 Å². The number of nitrogens with one attached hydrogen (secondary N) is 1. The van der Waals surface area contributed by atoms with Crippen molar-refractivity contribution in [1.29, 1.82) is 5.26 Å². The van der Waals surface area contributed by atoms with Crippen molar-refractivity contribution in [3.8, 4) is 11.8 Å². The second-order valence-corrected chi connectivity index (χ2v) is 5.85. The van der Waals surface area contributed by atoms with Gasteiger partial charge in [0.15, 0.2) is 0 Å². The molecule has 0 saturated heterocycles. The first-order valence-electron chi connectivity index (χ1n) is 7.80. The van der Waals surface area contributed by atoms with E-state index in [4.69, 9.17) is 21.6 Å². The molecular formula is C20H16ClN3O. The molecule has 0 aliphatic carbocycles. The first kappa shape index (κ1) is 16.8. The van der Waals surface area contributed by atoms with E-state index in [1.807, 2.05) is 48.5 Å². The molecule has 3 rings (SSSR count). The summed E-state index contributed by atoms with van der Waals surface area (Å²) < 4.78 is 5.72. The number of hydrogen-bond acceptors (Lipinski definition) is 4. The van der Waals surface area contributed by atoms with Gasteiger partial charge in [-0.3, -0.25) is 4.98 Å². The van der Waals surface area contributed by atoms with Crippen LogP contribution in [0.15, 0.2) is 66.9 Å². The molecule has 0 radical (unpaired) electrons. The fourth-order valence-electron chi connectivity index (χ4n) is 2.30. The van der Waals surface area contributed by atoms with Crippen LogP contribution in [0.3, 0.4) is 0 Å². The number of anilines is 1. The molecular weight excluding hydrogens is 334 g/mol. The van der Waals surface area contributed by atoms with Crippen LogP contribution in [0.25, 0.3) is 0 Å². The van der Waals surface area contributed by atoms with Gasteiger partial charge < -0.3 is 10.1 Å². The Kier molecular flexibility index (Phi) is 5.50. The van der Waals surface area contributed by atoms with Crippen molar-refractivity contribution in [2.75, 3.05) is 5.32 Å². The summed E-state index contributed by atoms with van der Waals surface area (Å²) in [4.78, 5) is 4.23. The van der Waals surface area contributed by atoms with Crippen LogP contribution in [-0.4, -0.2) is 4.98 Å². The zero-order valence-electron chi connectivity index (χ0n) is 13.4. The first-order valence-corrected chi connectivity index (χ1v) is 8.17. The molecule has 5 heteroatoms. The minimum Gasteiger partial charge on any atom is -0.487 e. The normalized spacial score (nSPS) is 10.1. The fraction of sp³-hybridized carbons (Fsp3) is 0.100. The van der Waals surface area contributed by atoms with E-state index in [9.17, 15) is 0 Å². The molecule has 0 aliphatic heterocycles. The van der Waals surface area contributed by atoms with Crippen molar-refractivity contribution in [2.24, 2.45) is 0 Å². The van der Waals surface area contributed by atoms with E-state index in [1.165, 1.54) is 0 Å². The molecule has 4 nitrogen and oxygen atoms in total. The van der Waals surface area contributed by atoms with E-state index in [2.05, 4.69) is 16.4 Å². The first-order chi connectivity index (χ1) is 12.2. The molecule has 1 aromatic heterocycles. The van der Waals surface area contributed by atoms with E-state index < -0.39 is 0 Å². The van der Waals surface area contributed by atoms with Gasteiger partial charge in [-0.05, 0) is 48.0 Å². The van der Waals surface area contributed by atoms with Crippen molar-refractivity contribution in [3.63, 3.8) is 0 Å². The topological polar surface area (TPSA) is 57.9 Å². The number of ether oxygens (including phenoxy) is 1. The number of rotatable bonds is 6. The monoisotopic (exact) mass is 349 g/mol. The maximum absolute atomic E-state index is 9.16. The summed E-state index contributed by atoms with van der Waals surface area (Å²) in [6.45, 7) is 1.05. The smallest absolute Gasteiger partial charge is 0.130 e. The molecule has 1 N–H and O–H groups in total. The van der Waals surface area contributed by atoms with Crippen LogP contribution in [0, 0.1) is 11.3 Å². The van der Waals surface area contributed by atoms with E-state index in [1.54, 1.807) is 18.3 Å². The molecule has 2 aromatic carbocycles. The van der Waals surface area contributed by atoms with Gasteiger partial charge in [-0.2, -0.15) is 5.26 Å². The molecule has 1 heterocycles. The third kappa shape index (κ3) is 4.72. The van der Waals surface area contributed by atoms with Crippen LogP contribution in [0.1, 0.15) is 16.8 Å². The summed E-state index contributed by atoms with van der Waals surface area (Å²) in [6, 6.07) is 20.9. The number of nitriles is 1. The third-order valence-electron chi connectivity index (χ3n) is 3.62. The third-order valence-corrected chi connectivity index (χ3v) is 3.86. The lowest BCUT2D eigenvalue weighted by atomic mass is 10.1. The molecule has 124 valence electrons. The highest BCUT2D eigenvalue weighted by Gasteiger charge is 2.03. The maximum atomic E-state index is 9.16. The Bertz CT molecular complexity index is 874. The van der Waals surface area contributed by atoms with Gasteiger partial charge in [-0.25, -0.2) is 0 Å². The number of benzene rings is 2. The molecule has 0 bridgehead atoms. The fourth-order valence-corrected chi connectivity index (χ4v) is 2.48. The minimum atomic E-state index is 0.439. The predicted molar refractivity (Wildman–Crippen MR) is 98.5 cm³/mol. The number of aromatic nitrogens is 1. The zero-order valence-corrected chi connectivity index (χ0v) is 14.2. The van der Waals surface area contributed by atoms with Crippen molar-refractivity contribution in [1.82, 2.24) is 4.98 Å². The zero-order chi connectivity index (χ0) is 17.5. The lowest BCUT2D eigenvalue weighted by Gasteiger charge is -2.10. The van der Waals surface area contributed by atoms with E-state index in [0.29, 0.717) is 23.7 Å². The van der Waals surface area contributed by atoms with E-state index in [-0.39, 0.29) is 0 Å². The number of pyridine rings is 1. The summed E-state index contributed by atoms with van der Waals surface area (Å²) in [5.41, 5.74) is 3.27. The molecule has 0 atom stereocenters. The Labute approximate surface area is 151 Å². The molecule has 0 fully saturated rings. The molecule has 25 heavy (non-hydrogen) atoms. The van der Waals surface area contributed by atoms with Gasteiger partial charge in [0, 0.05) is 17.8 Å². The number of hydrogen-bond donors (Lipinski definition) is 1. The van der Waals surface area contributed by atoms with Crippen LogP contribution in [0.5, 0.6) is 5.75 Å². The Morgan fingerprint density at radius 2 is 1.92 bits per heavy atom. The Morgan fingerprint density at radius 3 is 2.64 bits per heavy atom. The Morgan fingerprint density at radius 1 is 1.08 bits per heavy atom. The molecule has 0 spiro atoms. The quantitative estimate of drug-likeness (QED) is 0.694. The summed E-state index contributed by atoms with van der Waals surface area (Å²) in [6.07, 6.45) is 1.75. The maximum Gasteiger partial charge on any atom is 0.130 e. The van der Waals surface area contributed by atoms with E-state index >= 15 is 0 Å². The highest BCUT2D eigenvalue weighted by molar-refractivity contribution is 6.30. The number of halogens is 1. The van der Waals surface area contributed by atoms with Crippen LogP contribution >= 0.6 is 11.6 Å². The summed E-state index contributed by atoms with van der Waals surface area (Å²) in [5.74, 6) is 0.790. The van der Waals surface area contributed by atoms with Crippen LogP contribution < -0.4 is 10.1 Å². The molecule has 0 saturated carbocycles. The van der Waals surface area contributed by atoms with Crippen molar-refractivity contribution in [2.45, 2.75) is 13.2 Å². The Hall–Kier alpha value is -3.03. The van der Waals surface area contributed by atoms with Crippen LogP contribution in [-0.2, 0) is 13.2 Å². The summed E-state index contributed by atoms with van der Waals surface area (Å²) >= 11 is 5.91. The minimum absolute atomic E-state index is 0.439. The second-order valence-electron chi connectivity index (χ2n) is 5.41. The lowest BCUT2D eigenvalue weighted by Crippen LogP contribution is -2.02. The Balaban J connectivity index is 1.57. The SMILES string of the molecule is N#Cc1cc(Cl)ccc1NCc1ccc(OCc2ccccn2)cc1. The number of nitrogens with zero attached hydrogens (tertiary/aromatic N) is 2. The molecule has 3 aromatic rings. The van der Waals surface area contributed by atoms with E-state index in [0.717, 1.165) is 22.7 Å².